The molecule has 0 bridgehead atoms. The lowest BCUT2D eigenvalue weighted by Crippen LogP contribution is -2.08. The summed E-state index contributed by atoms with van der Waals surface area (Å²) >= 11 is 0. The predicted octanol–water partition coefficient (Wildman–Crippen LogP) is 3.08. The Balaban J connectivity index is 2.34. The van der Waals surface area contributed by atoms with Crippen LogP contribution in [-0.2, 0) is 0 Å². The van der Waals surface area contributed by atoms with Crippen molar-refractivity contribution in [2.75, 3.05) is 12.3 Å². The van der Waals surface area contributed by atoms with Gasteiger partial charge in [0.25, 0.3) is 0 Å². The van der Waals surface area contributed by atoms with Gasteiger partial charge in [-0.15, -0.1) is 0 Å². The van der Waals surface area contributed by atoms with Gasteiger partial charge in [-0.1, -0.05) is 20.3 Å². The highest BCUT2D eigenvalue weighted by Gasteiger charge is 2.01. The molecule has 2 nitrogen and oxygen atoms in total. The second-order valence-corrected chi connectivity index (χ2v) is 3.77. The summed E-state index contributed by atoms with van der Waals surface area (Å²) in [6.07, 6.45) is 2.43. The zero-order valence-corrected chi connectivity index (χ0v) is 8.99. The number of ether oxygens (including phenoxy) is 1. The number of nitrogens with two attached hydrogens (primary N) is 1. The van der Waals surface area contributed by atoms with Gasteiger partial charge in [-0.25, -0.2) is 0 Å². The Kier molecular flexibility index (Phi) is 4.30. The maximum Gasteiger partial charge on any atom is 0.119 e. The van der Waals surface area contributed by atoms with Crippen LogP contribution in [0.2, 0.25) is 0 Å². The first-order valence-electron chi connectivity index (χ1n) is 5.20. The van der Waals surface area contributed by atoms with Crippen LogP contribution in [0.4, 0.5) is 5.69 Å². The molecule has 0 saturated carbocycles. The van der Waals surface area contributed by atoms with E-state index >= 15 is 0 Å². The van der Waals surface area contributed by atoms with Gasteiger partial charge in [-0.2, -0.15) is 0 Å². The van der Waals surface area contributed by atoms with Gasteiger partial charge < -0.3 is 10.5 Å². The smallest absolute Gasteiger partial charge is 0.119 e. The number of rotatable bonds is 5. The molecule has 0 saturated heterocycles. The van der Waals surface area contributed by atoms with Crippen molar-refractivity contribution >= 4 is 5.69 Å². The molecule has 1 atom stereocenters. The Labute approximate surface area is 86.1 Å². The lowest BCUT2D eigenvalue weighted by Gasteiger charge is -2.11. The van der Waals surface area contributed by atoms with Crippen LogP contribution < -0.4 is 10.5 Å². The lowest BCUT2D eigenvalue weighted by molar-refractivity contribution is 0.251. The highest BCUT2D eigenvalue weighted by Crippen LogP contribution is 2.15. The Morgan fingerprint density at radius 2 is 1.93 bits per heavy atom. The SMILES string of the molecule is CCC[C@H](C)COc1ccc(N)cc1. The minimum atomic E-state index is 0.623. The van der Waals surface area contributed by atoms with Crippen LogP contribution in [0.5, 0.6) is 5.75 Å². The minimum Gasteiger partial charge on any atom is -0.493 e. The molecule has 0 aromatic heterocycles. The van der Waals surface area contributed by atoms with E-state index in [2.05, 4.69) is 13.8 Å². The van der Waals surface area contributed by atoms with Gasteiger partial charge in [-0.05, 0) is 36.6 Å². The van der Waals surface area contributed by atoms with Crippen LogP contribution in [0.1, 0.15) is 26.7 Å². The summed E-state index contributed by atoms with van der Waals surface area (Å²) in [4.78, 5) is 0. The molecule has 2 N–H and O–H groups in total. The fraction of sp³-hybridized carbons (Fsp3) is 0.500. The molecule has 14 heavy (non-hydrogen) atoms. The quantitative estimate of drug-likeness (QED) is 0.729. The van der Waals surface area contributed by atoms with Crippen LogP contribution in [0.3, 0.4) is 0 Å². The number of nitrogen functional groups attached to an aromatic ring is 1. The van der Waals surface area contributed by atoms with Gasteiger partial charge in [0, 0.05) is 5.69 Å². The van der Waals surface area contributed by atoms with Crippen LogP contribution in [0.25, 0.3) is 0 Å². The van der Waals surface area contributed by atoms with E-state index in [9.17, 15) is 0 Å². The summed E-state index contributed by atoms with van der Waals surface area (Å²) in [7, 11) is 0. The first kappa shape index (κ1) is 10.9. The molecule has 1 rings (SSSR count). The van der Waals surface area contributed by atoms with Gasteiger partial charge in [0.15, 0.2) is 0 Å². The first-order valence-corrected chi connectivity index (χ1v) is 5.20. The third-order valence-electron chi connectivity index (χ3n) is 2.20. The van der Waals surface area contributed by atoms with Gasteiger partial charge >= 0.3 is 0 Å². The average molecular weight is 193 g/mol. The highest BCUT2D eigenvalue weighted by atomic mass is 16.5. The van der Waals surface area contributed by atoms with Crippen molar-refractivity contribution in [1.29, 1.82) is 0 Å². The largest absolute Gasteiger partial charge is 0.493 e. The maximum absolute atomic E-state index is 5.62. The van der Waals surface area contributed by atoms with Crippen LogP contribution in [0, 0.1) is 5.92 Å². The predicted molar refractivity (Wildman–Crippen MR) is 60.4 cm³/mol. The molecule has 0 heterocycles. The minimum absolute atomic E-state index is 0.623. The maximum atomic E-state index is 5.62. The van der Waals surface area contributed by atoms with Crippen LogP contribution in [0.15, 0.2) is 24.3 Å². The summed E-state index contributed by atoms with van der Waals surface area (Å²) in [5.74, 6) is 1.53. The summed E-state index contributed by atoms with van der Waals surface area (Å²) in [5, 5.41) is 0. The van der Waals surface area contributed by atoms with Crippen molar-refractivity contribution in [3.05, 3.63) is 24.3 Å². The summed E-state index contributed by atoms with van der Waals surface area (Å²) in [6, 6.07) is 7.54. The van der Waals surface area contributed by atoms with Crippen molar-refractivity contribution < 1.29 is 4.74 Å². The molecular formula is C12H19NO. The molecule has 78 valence electrons. The van der Waals surface area contributed by atoms with E-state index in [1.807, 2.05) is 24.3 Å². The Morgan fingerprint density at radius 3 is 2.50 bits per heavy atom. The zero-order valence-electron chi connectivity index (χ0n) is 8.99. The third kappa shape index (κ3) is 3.69. The van der Waals surface area contributed by atoms with E-state index in [0.29, 0.717) is 5.92 Å². The molecule has 0 aliphatic heterocycles. The average Bonchev–Trinajstić information content (AvgIpc) is 2.17. The molecule has 0 spiro atoms. The summed E-state index contributed by atoms with van der Waals surface area (Å²) in [6.45, 7) is 5.19. The molecule has 0 aliphatic rings. The fourth-order valence-corrected chi connectivity index (χ4v) is 1.38. The highest BCUT2D eigenvalue weighted by molar-refractivity contribution is 5.41. The van der Waals surface area contributed by atoms with Crippen LogP contribution in [-0.4, -0.2) is 6.61 Å². The number of anilines is 1. The van der Waals surface area contributed by atoms with Crippen molar-refractivity contribution in [1.82, 2.24) is 0 Å². The first-order chi connectivity index (χ1) is 6.72. The number of hydrogen-bond donors (Lipinski definition) is 1. The molecule has 0 unspecified atom stereocenters. The van der Waals surface area contributed by atoms with E-state index in [0.717, 1.165) is 18.0 Å². The molecular weight excluding hydrogens is 174 g/mol. The van der Waals surface area contributed by atoms with E-state index in [1.54, 1.807) is 0 Å². The molecule has 0 radical (unpaired) electrons. The molecule has 1 aromatic rings. The van der Waals surface area contributed by atoms with Gasteiger partial charge in [0.2, 0.25) is 0 Å². The molecule has 1 aromatic carbocycles. The molecule has 0 amide bonds. The Hall–Kier alpha value is -1.18. The van der Waals surface area contributed by atoms with Gasteiger partial charge in [0.1, 0.15) is 5.75 Å². The van der Waals surface area contributed by atoms with E-state index < -0.39 is 0 Å². The van der Waals surface area contributed by atoms with Crippen molar-refractivity contribution in [2.45, 2.75) is 26.7 Å². The second kappa shape index (κ2) is 5.53. The van der Waals surface area contributed by atoms with Gasteiger partial charge in [0.05, 0.1) is 6.61 Å². The van der Waals surface area contributed by atoms with E-state index in [4.69, 9.17) is 10.5 Å². The molecule has 0 fully saturated rings. The van der Waals surface area contributed by atoms with E-state index in [-0.39, 0.29) is 0 Å². The lowest BCUT2D eigenvalue weighted by atomic mass is 10.1. The monoisotopic (exact) mass is 193 g/mol. The Morgan fingerprint density at radius 1 is 1.29 bits per heavy atom. The fourth-order valence-electron chi connectivity index (χ4n) is 1.38. The summed E-state index contributed by atoms with van der Waals surface area (Å²) in [5.41, 5.74) is 6.35. The standard InChI is InChI=1S/C12H19NO/c1-3-4-10(2)9-14-12-7-5-11(13)6-8-12/h5-8,10H,3-4,9,13H2,1-2H3/t10-/m0/s1. The normalized spacial score (nSPS) is 12.4. The van der Waals surface area contributed by atoms with E-state index in [1.165, 1.54) is 12.8 Å². The third-order valence-corrected chi connectivity index (χ3v) is 2.20. The molecule has 0 aliphatic carbocycles. The summed E-state index contributed by atoms with van der Waals surface area (Å²) < 4.78 is 5.62. The van der Waals surface area contributed by atoms with Crippen molar-refractivity contribution in [3.8, 4) is 5.75 Å². The molecule has 2 heteroatoms. The zero-order chi connectivity index (χ0) is 10.4. The van der Waals surface area contributed by atoms with Crippen molar-refractivity contribution in [3.63, 3.8) is 0 Å². The van der Waals surface area contributed by atoms with Gasteiger partial charge in [-0.3, -0.25) is 0 Å². The topological polar surface area (TPSA) is 35.2 Å². The second-order valence-electron chi connectivity index (χ2n) is 3.77. The number of benzene rings is 1. The Bertz CT molecular complexity index is 256. The van der Waals surface area contributed by atoms with Crippen LogP contribution >= 0.6 is 0 Å². The number of hydrogen-bond acceptors (Lipinski definition) is 2. The van der Waals surface area contributed by atoms with Crippen molar-refractivity contribution in [2.24, 2.45) is 5.92 Å².